The van der Waals surface area contributed by atoms with Crippen molar-refractivity contribution in [2.75, 3.05) is 5.33 Å². The third-order valence-electron chi connectivity index (χ3n) is 3.00. The Hall–Kier alpha value is -1.29. The number of alkyl halides is 1. The van der Waals surface area contributed by atoms with Gasteiger partial charge in [-0.05, 0) is 53.8 Å². The first kappa shape index (κ1) is 14.1. The third-order valence-corrected chi connectivity index (χ3v) is 3.78. The number of rotatable bonds is 4. The highest BCUT2D eigenvalue weighted by atomic mass is 79.9. The molecule has 1 atom stereocenters. The van der Waals surface area contributed by atoms with E-state index in [1.165, 1.54) is 18.2 Å². The number of hydrogen-bond acceptors (Lipinski definition) is 0. The van der Waals surface area contributed by atoms with Gasteiger partial charge in [-0.2, -0.15) is 0 Å². The molecule has 0 aliphatic rings. The van der Waals surface area contributed by atoms with Gasteiger partial charge >= 0.3 is 0 Å². The van der Waals surface area contributed by atoms with E-state index in [1.807, 2.05) is 0 Å². The molecule has 0 aliphatic carbocycles. The summed E-state index contributed by atoms with van der Waals surface area (Å²) >= 11 is 3.36. The summed E-state index contributed by atoms with van der Waals surface area (Å²) in [7, 11) is 0. The second kappa shape index (κ2) is 6.24. The first-order valence-corrected chi connectivity index (χ1v) is 6.97. The molecule has 0 heterocycles. The van der Waals surface area contributed by atoms with Crippen LogP contribution in [0.15, 0.2) is 42.5 Å². The van der Waals surface area contributed by atoms with Gasteiger partial charge in [-0.1, -0.05) is 28.1 Å². The van der Waals surface area contributed by atoms with Gasteiger partial charge in [-0.25, -0.2) is 13.2 Å². The quantitative estimate of drug-likeness (QED) is 0.705. The van der Waals surface area contributed by atoms with Gasteiger partial charge in [0.25, 0.3) is 0 Å². The predicted molar refractivity (Wildman–Crippen MR) is 73.0 cm³/mol. The van der Waals surface area contributed by atoms with Crippen LogP contribution in [0.5, 0.6) is 0 Å². The standard InChI is InChI=1S/C15H12BrF3/c16-9-12(10-1-3-13(17)4-2-10)7-11-8-14(18)5-6-15(11)19/h1-6,8,12H,7,9H2. The molecule has 100 valence electrons. The molecule has 0 fully saturated rings. The highest BCUT2D eigenvalue weighted by molar-refractivity contribution is 9.09. The Balaban J connectivity index is 2.23. The molecule has 0 nitrogen and oxygen atoms in total. The lowest BCUT2D eigenvalue weighted by Gasteiger charge is -2.15. The fourth-order valence-electron chi connectivity index (χ4n) is 1.96. The van der Waals surface area contributed by atoms with Crippen LogP contribution in [0.25, 0.3) is 0 Å². The molecule has 2 aromatic rings. The van der Waals surface area contributed by atoms with Crippen LogP contribution in [0.3, 0.4) is 0 Å². The van der Waals surface area contributed by atoms with Crippen molar-refractivity contribution in [1.82, 2.24) is 0 Å². The molecular weight excluding hydrogens is 317 g/mol. The normalized spacial score (nSPS) is 12.4. The highest BCUT2D eigenvalue weighted by Crippen LogP contribution is 2.25. The van der Waals surface area contributed by atoms with Crippen LogP contribution >= 0.6 is 15.9 Å². The molecule has 2 rings (SSSR count). The van der Waals surface area contributed by atoms with Crippen molar-refractivity contribution in [2.24, 2.45) is 0 Å². The van der Waals surface area contributed by atoms with Crippen molar-refractivity contribution in [2.45, 2.75) is 12.3 Å². The maximum absolute atomic E-state index is 13.6. The third kappa shape index (κ3) is 3.60. The number of benzene rings is 2. The summed E-state index contributed by atoms with van der Waals surface area (Å²) in [5.41, 5.74) is 1.22. The van der Waals surface area contributed by atoms with Gasteiger partial charge in [0.2, 0.25) is 0 Å². The van der Waals surface area contributed by atoms with Gasteiger partial charge in [0.1, 0.15) is 17.5 Å². The lowest BCUT2D eigenvalue weighted by molar-refractivity contribution is 0.576. The van der Waals surface area contributed by atoms with Crippen LogP contribution in [0.2, 0.25) is 0 Å². The second-order valence-electron chi connectivity index (χ2n) is 4.34. The topological polar surface area (TPSA) is 0 Å². The summed E-state index contributed by atoms with van der Waals surface area (Å²) in [6.07, 6.45) is 0.362. The van der Waals surface area contributed by atoms with Gasteiger partial charge in [0, 0.05) is 5.33 Å². The van der Waals surface area contributed by atoms with Crippen LogP contribution < -0.4 is 0 Å². The molecule has 4 heteroatoms. The van der Waals surface area contributed by atoms with Crippen LogP contribution in [0.4, 0.5) is 13.2 Å². The van der Waals surface area contributed by atoms with E-state index in [9.17, 15) is 13.2 Å². The maximum atomic E-state index is 13.6. The van der Waals surface area contributed by atoms with Crippen molar-refractivity contribution in [3.8, 4) is 0 Å². The largest absolute Gasteiger partial charge is 0.207 e. The van der Waals surface area contributed by atoms with E-state index in [0.29, 0.717) is 17.3 Å². The maximum Gasteiger partial charge on any atom is 0.126 e. The van der Waals surface area contributed by atoms with Gasteiger partial charge in [-0.3, -0.25) is 0 Å². The average molecular weight is 329 g/mol. The molecular formula is C15H12BrF3. The highest BCUT2D eigenvalue weighted by Gasteiger charge is 2.14. The first-order chi connectivity index (χ1) is 9.10. The zero-order chi connectivity index (χ0) is 13.8. The predicted octanol–water partition coefficient (Wildman–Crippen LogP) is 4.83. The molecule has 0 amide bonds. The summed E-state index contributed by atoms with van der Waals surface area (Å²) < 4.78 is 39.6. The average Bonchev–Trinajstić information content (AvgIpc) is 2.41. The zero-order valence-electron chi connectivity index (χ0n) is 10.0. The smallest absolute Gasteiger partial charge is 0.126 e. The summed E-state index contributed by atoms with van der Waals surface area (Å²) in [5, 5.41) is 0.592. The Morgan fingerprint density at radius 3 is 2.16 bits per heavy atom. The van der Waals surface area contributed by atoms with Crippen molar-refractivity contribution >= 4 is 15.9 Å². The zero-order valence-corrected chi connectivity index (χ0v) is 11.6. The van der Waals surface area contributed by atoms with Crippen LogP contribution in [-0.2, 0) is 6.42 Å². The van der Waals surface area contributed by atoms with Gasteiger partial charge < -0.3 is 0 Å². The summed E-state index contributed by atoms with van der Waals surface area (Å²) in [4.78, 5) is 0. The molecule has 0 saturated heterocycles. The van der Waals surface area contributed by atoms with Crippen LogP contribution in [0.1, 0.15) is 17.0 Å². The lowest BCUT2D eigenvalue weighted by Crippen LogP contribution is -2.06. The summed E-state index contributed by atoms with van der Waals surface area (Å²) in [6.45, 7) is 0. The molecule has 0 radical (unpaired) electrons. The molecule has 2 aromatic carbocycles. The molecule has 1 unspecified atom stereocenters. The van der Waals surface area contributed by atoms with Crippen molar-refractivity contribution in [3.63, 3.8) is 0 Å². The Morgan fingerprint density at radius 2 is 1.53 bits per heavy atom. The van der Waals surface area contributed by atoms with Crippen molar-refractivity contribution < 1.29 is 13.2 Å². The summed E-state index contributed by atoms with van der Waals surface area (Å²) in [5.74, 6) is -1.22. The van der Waals surface area contributed by atoms with E-state index >= 15 is 0 Å². The van der Waals surface area contributed by atoms with Crippen LogP contribution in [-0.4, -0.2) is 5.33 Å². The SMILES string of the molecule is Fc1ccc(C(CBr)Cc2cc(F)ccc2F)cc1. The lowest BCUT2D eigenvalue weighted by atomic mass is 9.93. The molecule has 0 spiro atoms. The summed E-state index contributed by atoms with van der Waals surface area (Å²) in [6, 6.07) is 9.49. The molecule has 0 aliphatic heterocycles. The minimum atomic E-state index is -0.455. The monoisotopic (exact) mass is 328 g/mol. The Labute approximate surface area is 118 Å². The molecule has 0 N–H and O–H groups in total. The minimum Gasteiger partial charge on any atom is -0.207 e. The van der Waals surface area contributed by atoms with E-state index in [4.69, 9.17) is 0 Å². The van der Waals surface area contributed by atoms with E-state index in [1.54, 1.807) is 12.1 Å². The van der Waals surface area contributed by atoms with E-state index in [0.717, 1.165) is 17.7 Å². The Bertz CT molecular complexity index is 552. The fraction of sp³-hybridized carbons (Fsp3) is 0.200. The number of halogens is 4. The van der Waals surface area contributed by atoms with Gasteiger partial charge in [0.15, 0.2) is 0 Å². The second-order valence-corrected chi connectivity index (χ2v) is 4.99. The first-order valence-electron chi connectivity index (χ1n) is 5.85. The van der Waals surface area contributed by atoms with E-state index in [-0.39, 0.29) is 11.7 Å². The Morgan fingerprint density at radius 1 is 0.895 bits per heavy atom. The van der Waals surface area contributed by atoms with Crippen molar-refractivity contribution in [3.05, 3.63) is 71.0 Å². The van der Waals surface area contributed by atoms with Gasteiger partial charge in [0.05, 0.1) is 0 Å². The van der Waals surface area contributed by atoms with E-state index in [2.05, 4.69) is 15.9 Å². The van der Waals surface area contributed by atoms with Crippen molar-refractivity contribution in [1.29, 1.82) is 0 Å². The fourth-order valence-corrected chi connectivity index (χ4v) is 2.56. The molecule has 19 heavy (non-hydrogen) atoms. The van der Waals surface area contributed by atoms with Crippen LogP contribution in [0, 0.1) is 17.5 Å². The van der Waals surface area contributed by atoms with E-state index < -0.39 is 11.6 Å². The minimum absolute atomic E-state index is 0.0306. The molecule has 0 bridgehead atoms. The molecule has 0 aromatic heterocycles. The molecule has 0 saturated carbocycles. The Kier molecular flexibility index (Phi) is 4.64. The number of hydrogen-bond donors (Lipinski definition) is 0. The van der Waals surface area contributed by atoms with Gasteiger partial charge in [-0.15, -0.1) is 0 Å².